The van der Waals surface area contributed by atoms with E-state index >= 15 is 0 Å². The second-order valence-corrected chi connectivity index (χ2v) is 10.4. The van der Waals surface area contributed by atoms with Gasteiger partial charge in [0, 0.05) is 41.5 Å². The summed E-state index contributed by atoms with van der Waals surface area (Å²) in [7, 11) is 1.81. The predicted octanol–water partition coefficient (Wildman–Crippen LogP) is 5.90. The third kappa shape index (κ3) is 5.06. The van der Waals surface area contributed by atoms with Gasteiger partial charge in [0.15, 0.2) is 0 Å². The molecule has 0 aromatic heterocycles. The number of phenolic OH excluding ortho intramolecular Hbond substituents is 1. The number of nitrogens with zero attached hydrogens (tertiary/aromatic N) is 3. The first-order valence-corrected chi connectivity index (χ1v) is 12.8. The fraction of sp³-hybridized carbons (Fsp3) is 0.310. The number of aryl methyl sites for hydroxylation is 2. The van der Waals surface area contributed by atoms with Crippen LogP contribution in [-0.2, 0) is 4.79 Å². The number of halogens is 2. The Balaban J connectivity index is 1.63. The Morgan fingerprint density at radius 3 is 2.73 bits per heavy atom. The molecule has 6 nitrogen and oxygen atoms in total. The van der Waals surface area contributed by atoms with Crippen molar-refractivity contribution in [3.63, 3.8) is 0 Å². The average molecular weight is 521 g/mol. The van der Waals surface area contributed by atoms with Crippen molar-refractivity contribution in [3.05, 3.63) is 76.1 Å². The summed E-state index contributed by atoms with van der Waals surface area (Å²) in [5, 5.41) is 14.1. The normalized spacial score (nSPS) is 18.7. The van der Waals surface area contributed by atoms with Crippen molar-refractivity contribution >= 4 is 35.2 Å². The van der Waals surface area contributed by atoms with E-state index in [1.54, 1.807) is 28.3 Å². The van der Waals surface area contributed by atoms with E-state index in [1.807, 2.05) is 39.1 Å². The molecule has 0 spiro atoms. The number of likely N-dealkylation sites (N-methyl/N-ethyl adjacent to an activating group) is 1. The number of hydrogen-bond acceptors (Lipinski definition) is 5. The maximum Gasteiger partial charge on any atom is 0.250 e. The van der Waals surface area contributed by atoms with Crippen LogP contribution in [0.1, 0.15) is 35.6 Å². The molecule has 0 saturated carbocycles. The maximum atomic E-state index is 14.4. The Morgan fingerprint density at radius 2 is 2.00 bits per heavy atom. The number of aliphatic imine (C=N–C) groups is 1. The molecule has 2 aliphatic heterocycles. The van der Waals surface area contributed by atoms with Crippen LogP contribution in [0.2, 0.25) is 5.02 Å². The highest BCUT2D eigenvalue weighted by Crippen LogP contribution is 2.43. The standard InChI is InChI=1S/C29H30ClFN4O2/c1-17-9-19(31)12-21(10-17)35-16-33-27-11-18(2)23(24-13-22(36)6-7-26(24)30)14-25(27)28(35)29(37)34(3)15-20-5-4-8-32-20/h6-7,9-14,16,20,28,32,36H,4-5,8,15H2,1-3H3/t20-,28?/m0/s1. The van der Waals surface area contributed by atoms with Crippen LogP contribution in [0.5, 0.6) is 5.75 Å². The first-order valence-electron chi connectivity index (χ1n) is 12.4. The summed E-state index contributed by atoms with van der Waals surface area (Å²) in [4.78, 5) is 22.2. The van der Waals surface area contributed by atoms with Gasteiger partial charge in [0.25, 0.3) is 0 Å². The fourth-order valence-corrected chi connectivity index (χ4v) is 5.49. The number of phenols is 1. The Kier molecular flexibility index (Phi) is 6.92. The van der Waals surface area contributed by atoms with E-state index in [2.05, 4.69) is 10.3 Å². The molecule has 1 saturated heterocycles. The Hall–Kier alpha value is -3.42. The van der Waals surface area contributed by atoms with Crippen LogP contribution < -0.4 is 10.2 Å². The van der Waals surface area contributed by atoms with Gasteiger partial charge in [0.2, 0.25) is 5.91 Å². The molecule has 2 aliphatic rings. The topological polar surface area (TPSA) is 68.2 Å². The van der Waals surface area contributed by atoms with Crippen molar-refractivity contribution in [2.75, 3.05) is 25.0 Å². The van der Waals surface area contributed by atoms with Gasteiger partial charge in [-0.2, -0.15) is 0 Å². The quantitative estimate of drug-likeness (QED) is 0.439. The zero-order chi connectivity index (χ0) is 26.3. The van der Waals surface area contributed by atoms with Gasteiger partial charge in [0.1, 0.15) is 17.6 Å². The predicted molar refractivity (Wildman–Crippen MR) is 146 cm³/mol. The zero-order valence-corrected chi connectivity index (χ0v) is 21.9. The molecule has 5 rings (SSSR count). The molecular formula is C29H30ClFN4O2. The van der Waals surface area contributed by atoms with Crippen LogP contribution in [0.4, 0.5) is 15.8 Å². The summed E-state index contributed by atoms with van der Waals surface area (Å²) >= 11 is 6.51. The molecule has 3 aromatic carbocycles. The number of hydrogen-bond donors (Lipinski definition) is 2. The molecule has 0 aliphatic carbocycles. The number of nitrogens with one attached hydrogen (secondary N) is 1. The lowest BCUT2D eigenvalue weighted by Gasteiger charge is -2.36. The summed E-state index contributed by atoms with van der Waals surface area (Å²) in [6, 6.07) is 12.9. The molecule has 1 amide bonds. The summed E-state index contributed by atoms with van der Waals surface area (Å²) in [5.41, 5.74) is 5.04. The lowest BCUT2D eigenvalue weighted by Crippen LogP contribution is -2.46. The number of carbonyl (C=O) groups is 1. The maximum absolute atomic E-state index is 14.4. The number of benzene rings is 3. The van der Waals surface area contributed by atoms with Crippen LogP contribution in [-0.4, -0.2) is 48.4 Å². The van der Waals surface area contributed by atoms with Crippen molar-refractivity contribution in [1.29, 1.82) is 0 Å². The minimum Gasteiger partial charge on any atom is -0.508 e. The van der Waals surface area contributed by atoms with E-state index in [4.69, 9.17) is 11.6 Å². The van der Waals surface area contributed by atoms with Crippen molar-refractivity contribution in [2.45, 2.75) is 38.8 Å². The van der Waals surface area contributed by atoms with Gasteiger partial charge >= 0.3 is 0 Å². The SMILES string of the molecule is Cc1cc(F)cc(N2C=Nc3cc(C)c(-c4cc(O)ccc4Cl)cc3C2C(=O)N(C)C[C@@H]2CCCN2)c1. The summed E-state index contributed by atoms with van der Waals surface area (Å²) < 4.78 is 14.4. The Labute approximate surface area is 221 Å². The van der Waals surface area contributed by atoms with Gasteiger partial charge in [0.05, 0.1) is 12.0 Å². The van der Waals surface area contributed by atoms with E-state index in [0.717, 1.165) is 36.1 Å². The lowest BCUT2D eigenvalue weighted by molar-refractivity contribution is -0.131. The molecule has 1 fully saturated rings. The smallest absolute Gasteiger partial charge is 0.250 e. The van der Waals surface area contributed by atoms with Crippen molar-refractivity contribution in [1.82, 2.24) is 10.2 Å². The van der Waals surface area contributed by atoms with Crippen molar-refractivity contribution < 1.29 is 14.3 Å². The minimum absolute atomic E-state index is 0.0998. The molecule has 2 atom stereocenters. The van der Waals surface area contributed by atoms with Crippen LogP contribution in [0.15, 0.2) is 53.5 Å². The molecule has 0 radical (unpaired) electrons. The molecule has 8 heteroatoms. The zero-order valence-electron chi connectivity index (χ0n) is 21.1. The lowest BCUT2D eigenvalue weighted by atomic mass is 9.91. The number of carbonyl (C=O) groups excluding carboxylic acids is 1. The van der Waals surface area contributed by atoms with Gasteiger partial charge in [-0.3, -0.25) is 4.79 Å². The number of amides is 1. The Bertz CT molecular complexity index is 1370. The molecule has 0 bridgehead atoms. The molecular weight excluding hydrogens is 491 g/mol. The largest absolute Gasteiger partial charge is 0.508 e. The van der Waals surface area contributed by atoms with Gasteiger partial charge in [-0.1, -0.05) is 11.6 Å². The Morgan fingerprint density at radius 1 is 1.19 bits per heavy atom. The number of rotatable bonds is 5. The van der Waals surface area contributed by atoms with Gasteiger partial charge in [-0.05, 0) is 98.5 Å². The monoisotopic (exact) mass is 520 g/mol. The molecule has 1 unspecified atom stereocenters. The van der Waals surface area contributed by atoms with Crippen molar-refractivity contribution in [3.8, 4) is 16.9 Å². The summed E-state index contributed by atoms with van der Waals surface area (Å²) in [6.45, 7) is 5.30. The number of aromatic hydroxyl groups is 1. The average Bonchev–Trinajstić information content (AvgIpc) is 3.36. The third-order valence-corrected chi connectivity index (χ3v) is 7.43. The highest BCUT2D eigenvalue weighted by atomic mass is 35.5. The van der Waals surface area contributed by atoms with Crippen molar-refractivity contribution in [2.24, 2.45) is 4.99 Å². The molecule has 2 N–H and O–H groups in total. The van der Waals surface area contributed by atoms with Crippen LogP contribution >= 0.6 is 11.6 Å². The molecule has 3 aromatic rings. The molecule has 192 valence electrons. The van der Waals surface area contributed by atoms with Crippen LogP contribution in [0.3, 0.4) is 0 Å². The van der Waals surface area contributed by atoms with E-state index in [-0.39, 0.29) is 23.5 Å². The fourth-order valence-electron chi connectivity index (χ4n) is 5.27. The summed E-state index contributed by atoms with van der Waals surface area (Å²) in [6.07, 6.45) is 3.72. The highest BCUT2D eigenvalue weighted by Gasteiger charge is 2.36. The number of fused-ring (bicyclic) bond motifs is 1. The third-order valence-electron chi connectivity index (χ3n) is 7.10. The van der Waals surface area contributed by atoms with E-state index in [9.17, 15) is 14.3 Å². The molecule has 2 heterocycles. The van der Waals surface area contributed by atoms with Gasteiger partial charge in [-0.25, -0.2) is 9.38 Å². The van der Waals surface area contributed by atoms with Crippen LogP contribution in [0, 0.1) is 19.7 Å². The number of anilines is 1. The van der Waals surface area contributed by atoms with Gasteiger partial charge in [-0.15, -0.1) is 0 Å². The minimum atomic E-state index is -0.754. The van der Waals surface area contributed by atoms with Gasteiger partial charge < -0.3 is 20.2 Å². The summed E-state index contributed by atoms with van der Waals surface area (Å²) in [5.74, 6) is -0.386. The van der Waals surface area contributed by atoms with E-state index in [1.165, 1.54) is 18.2 Å². The first-order chi connectivity index (χ1) is 17.7. The molecule has 37 heavy (non-hydrogen) atoms. The van der Waals surface area contributed by atoms with Crippen LogP contribution in [0.25, 0.3) is 11.1 Å². The van der Waals surface area contributed by atoms with E-state index < -0.39 is 6.04 Å². The highest BCUT2D eigenvalue weighted by molar-refractivity contribution is 6.33. The van der Waals surface area contributed by atoms with E-state index in [0.29, 0.717) is 34.1 Å². The second-order valence-electron chi connectivity index (χ2n) is 9.94. The first kappa shape index (κ1) is 25.2. The second kappa shape index (κ2) is 10.1.